The fourth-order valence-electron chi connectivity index (χ4n) is 5.34. The van der Waals surface area contributed by atoms with Gasteiger partial charge in [0.15, 0.2) is 0 Å². The van der Waals surface area contributed by atoms with Gasteiger partial charge in [-0.1, -0.05) is 51.1 Å². The highest BCUT2D eigenvalue weighted by molar-refractivity contribution is 5.17. The molecule has 3 unspecified atom stereocenters. The van der Waals surface area contributed by atoms with Gasteiger partial charge in [0.2, 0.25) is 0 Å². The molecule has 2 aliphatic rings. The molecule has 1 heteroatoms. The first-order valence-electron chi connectivity index (χ1n) is 7.68. The van der Waals surface area contributed by atoms with Crippen molar-refractivity contribution in [2.45, 2.75) is 52.6 Å². The molecule has 0 amide bonds. The zero-order valence-corrected chi connectivity index (χ0v) is 12.8. The molecule has 2 bridgehead atoms. The predicted octanol–water partition coefficient (Wildman–Crippen LogP) is 4.33. The second-order valence-electron chi connectivity index (χ2n) is 7.72. The molecule has 2 saturated carbocycles. The lowest BCUT2D eigenvalue weighted by atomic mass is 9.67. The second-order valence-corrected chi connectivity index (χ2v) is 7.72. The van der Waals surface area contributed by atoms with Gasteiger partial charge < -0.3 is 0 Å². The predicted molar refractivity (Wildman–Crippen MR) is 80.9 cm³/mol. The van der Waals surface area contributed by atoms with Gasteiger partial charge in [-0.15, -0.1) is 0 Å². The van der Waals surface area contributed by atoms with E-state index < -0.39 is 0 Å². The van der Waals surface area contributed by atoms with Crippen molar-refractivity contribution in [3.63, 3.8) is 0 Å². The van der Waals surface area contributed by atoms with Gasteiger partial charge >= 0.3 is 0 Å². The smallest absolute Gasteiger partial charge is 0.0234 e. The lowest BCUT2D eigenvalue weighted by Gasteiger charge is -2.47. The Labute approximate surface area is 118 Å². The molecule has 1 aromatic carbocycles. The van der Waals surface area contributed by atoms with Crippen molar-refractivity contribution in [3.05, 3.63) is 35.9 Å². The van der Waals surface area contributed by atoms with E-state index in [1.54, 1.807) is 0 Å². The van der Waals surface area contributed by atoms with Crippen LogP contribution in [-0.4, -0.2) is 18.0 Å². The van der Waals surface area contributed by atoms with Crippen molar-refractivity contribution in [1.82, 2.24) is 4.90 Å². The van der Waals surface area contributed by atoms with Crippen LogP contribution in [0.2, 0.25) is 0 Å². The highest BCUT2D eigenvalue weighted by Crippen LogP contribution is 2.63. The van der Waals surface area contributed by atoms with Crippen molar-refractivity contribution < 1.29 is 0 Å². The summed E-state index contributed by atoms with van der Waals surface area (Å²) in [6.45, 7) is 8.59. The van der Waals surface area contributed by atoms with Crippen LogP contribution < -0.4 is 0 Å². The first-order chi connectivity index (χ1) is 8.93. The Hall–Kier alpha value is -0.820. The number of fused-ring (bicyclic) bond motifs is 2. The Morgan fingerprint density at radius 3 is 2.42 bits per heavy atom. The third kappa shape index (κ3) is 2.03. The third-order valence-corrected chi connectivity index (χ3v) is 5.91. The lowest BCUT2D eigenvalue weighted by Crippen LogP contribution is -2.50. The standard InChI is InChI=1S/C18H27N/c1-17(2)15-10-11-18(3,12-15)16(17)19(4)13-14-8-6-5-7-9-14/h5-9,15-16H,10-13H2,1-4H3. The minimum absolute atomic E-state index is 0.469. The van der Waals surface area contributed by atoms with Crippen LogP contribution in [0.15, 0.2) is 30.3 Å². The Morgan fingerprint density at radius 2 is 1.84 bits per heavy atom. The Kier molecular flexibility index (Phi) is 3.01. The van der Waals surface area contributed by atoms with E-state index in [9.17, 15) is 0 Å². The number of rotatable bonds is 3. The fourth-order valence-corrected chi connectivity index (χ4v) is 5.34. The van der Waals surface area contributed by atoms with Crippen LogP contribution in [0.3, 0.4) is 0 Å². The summed E-state index contributed by atoms with van der Waals surface area (Å²) in [7, 11) is 2.32. The highest BCUT2D eigenvalue weighted by Gasteiger charge is 2.60. The summed E-state index contributed by atoms with van der Waals surface area (Å²) in [6, 6.07) is 11.6. The van der Waals surface area contributed by atoms with E-state index in [0.29, 0.717) is 10.8 Å². The maximum Gasteiger partial charge on any atom is 0.0234 e. The molecule has 0 aliphatic heterocycles. The monoisotopic (exact) mass is 257 g/mol. The van der Waals surface area contributed by atoms with Crippen LogP contribution in [0.4, 0.5) is 0 Å². The van der Waals surface area contributed by atoms with Crippen LogP contribution in [0.5, 0.6) is 0 Å². The van der Waals surface area contributed by atoms with Gasteiger partial charge in [0.25, 0.3) is 0 Å². The summed E-state index contributed by atoms with van der Waals surface area (Å²) < 4.78 is 0. The molecule has 3 rings (SSSR count). The molecule has 0 aromatic heterocycles. The van der Waals surface area contributed by atoms with Gasteiger partial charge in [-0.25, -0.2) is 0 Å². The molecule has 0 heterocycles. The summed E-state index contributed by atoms with van der Waals surface area (Å²) in [5, 5.41) is 0. The maximum absolute atomic E-state index is 2.62. The lowest BCUT2D eigenvalue weighted by molar-refractivity contribution is 0.0150. The molecule has 0 radical (unpaired) electrons. The summed E-state index contributed by atoms with van der Waals surface area (Å²) >= 11 is 0. The minimum atomic E-state index is 0.469. The van der Waals surface area contributed by atoms with Gasteiger partial charge in [0.05, 0.1) is 0 Å². The van der Waals surface area contributed by atoms with Crippen LogP contribution in [0.25, 0.3) is 0 Å². The number of hydrogen-bond donors (Lipinski definition) is 0. The van der Waals surface area contributed by atoms with Crippen molar-refractivity contribution in [1.29, 1.82) is 0 Å². The topological polar surface area (TPSA) is 3.24 Å². The Morgan fingerprint density at radius 1 is 1.16 bits per heavy atom. The molecule has 2 fully saturated rings. The molecule has 104 valence electrons. The van der Waals surface area contributed by atoms with Crippen molar-refractivity contribution >= 4 is 0 Å². The second kappa shape index (κ2) is 4.34. The molecular formula is C18H27N. The van der Waals surface area contributed by atoms with Crippen molar-refractivity contribution in [2.75, 3.05) is 7.05 Å². The van der Waals surface area contributed by atoms with Crippen LogP contribution in [0.1, 0.15) is 45.6 Å². The van der Waals surface area contributed by atoms with Crippen LogP contribution >= 0.6 is 0 Å². The quantitative estimate of drug-likeness (QED) is 0.779. The molecule has 2 aliphatic carbocycles. The van der Waals surface area contributed by atoms with E-state index in [0.717, 1.165) is 18.5 Å². The molecule has 0 saturated heterocycles. The van der Waals surface area contributed by atoms with E-state index in [2.05, 4.69) is 63.1 Å². The molecular weight excluding hydrogens is 230 g/mol. The molecule has 1 aromatic rings. The van der Waals surface area contributed by atoms with Crippen molar-refractivity contribution in [2.24, 2.45) is 16.7 Å². The normalized spacial score (nSPS) is 36.1. The van der Waals surface area contributed by atoms with Gasteiger partial charge in [-0.2, -0.15) is 0 Å². The fraction of sp³-hybridized carbons (Fsp3) is 0.667. The van der Waals surface area contributed by atoms with Gasteiger partial charge in [0, 0.05) is 12.6 Å². The van der Waals surface area contributed by atoms with E-state index >= 15 is 0 Å². The van der Waals surface area contributed by atoms with E-state index in [1.165, 1.54) is 24.8 Å². The van der Waals surface area contributed by atoms with Crippen LogP contribution in [0, 0.1) is 16.7 Å². The SMILES string of the molecule is CN(Cc1ccccc1)C1C2(C)CCC(C2)C1(C)C. The zero-order valence-electron chi connectivity index (χ0n) is 12.8. The maximum atomic E-state index is 2.62. The number of benzene rings is 1. The average Bonchev–Trinajstić information content (AvgIpc) is 2.81. The van der Waals surface area contributed by atoms with E-state index in [-0.39, 0.29) is 0 Å². The summed E-state index contributed by atoms with van der Waals surface area (Å²) in [4.78, 5) is 2.62. The number of nitrogens with zero attached hydrogens (tertiary/aromatic N) is 1. The summed E-state index contributed by atoms with van der Waals surface area (Å²) in [6.07, 6.45) is 4.30. The first kappa shape index (κ1) is 13.2. The molecule has 19 heavy (non-hydrogen) atoms. The first-order valence-corrected chi connectivity index (χ1v) is 7.68. The van der Waals surface area contributed by atoms with Crippen molar-refractivity contribution in [3.8, 4) is 0 Å². The Balaban J connectivity index is 1.81. The summed E-state index contributed by atoms with van der Waals surface area (Å²) in [5.41, 5.74) is 2.45. The molecule has 0 spiro atoms. The zero-order chi connectivity index (χ0) is 13.7. The summed E-state index contributed by atoms with van der Waals surface area (Å²) in [5.74, 6) is 0.931. The van der Waals surface area contributed by atoms with E-state index in [1.807, 2.05) is 0 Å². The van der Waals surface area contributed by atoms with Gasteiger partial charge in [0.1, 0.15) is 0 Å². The Bertz CT molecular complexity index is 445. The molecule has 1 nitrogen and oxygen atoms in total. The number of hydrogen-bond acceptors (Lipinski definition) is 1. The van der Waals surface area contributed by atoms with Gasteiger partial charge in [-0.05, 0) is 48.6 Å². The average molecular weight is 257 g/mol. The highest BCUT2D eigenvalue weighted by atomic mass is 15.2. The third-order valence-electron chi connectivity index (χ3n) is 5.91. The van der Waals surface area contributed by atoms with Gasteiger partial charge in [-0.3, -0.25) is 4.90 Å². The van der Waals surface area contributed by atoms with E-state index in [4.69, 9.17) is 0 Å². The molecule has 0 N–H and O–H groups in total. The van der Waals surface area contributed by atoms with Crippen LogP contribution in [-0.2, 0) is 6.54 Å². The molecule has 3 atom stereocenters. The largest absolute Gasteiger partial charge is 0.298 e. The minimum Gasteiger partial charge on any atom is -0.298 e.